The van der Waals surface area contributed by atoms with Gasteiger partial charge < -0.3 is 39.9 Å². The number of carbonyl (C=O) groups excluding carboxylic acids is 2. The van der Waals surface area contributed by atoms with Gasteiger partial charge in [0.2, 0.25) is 11.8 Å². The lowest BCUT2D eigenvalue weighted by Gasteiger charge is -2.39. The summed E-state index contributed by atoms with van der Waals surface area (Å²) in [6.07, 6.45) is 8.51. The molecule has 254 valence electrons. The maximum Gasteiger partial charge on any atom is 0.220 e. The van der Waals surface area contributed by atoms with E-state index >= 15 is 0 Å². The second-order valence-electron chi connectivity index (χ2n) is 11.8. The van der Waals surface area contributed by atoms with Crippen molar-refractivity contribution in [3.8, 4) is 0 Å². The molecule has 1 fully saturated rings. The normalized spacial score (nSPS) is 21.8. The molecule has 0 bridgehead atoms. The summed E-state index contributed by atoms with van der Waals surface area (Å²) in [5, 5.41) is 33.8. The molecule has 0 aliphatic carbocycles. The molecule has 1 rings (SSSR count). The zero-order chi connectivity index (χ0) is 31.8. The molecular weight excluding hydrogens is 562 g/mol. The van der Waals surface area contributed by atoms with E-state index in [9.17, 15) is 19.8 Å². The third-order valence-corrected chi connectivity index (χ3v) is 7.74. The summed E-state index contributed by atoms with van der Waals surface area (Å²) in [4.78, 5) is 33.4. The van der Waals surface area contributed by atoms with Crippen molar-refractivity contribution < 1.29 is 49.0 Å². The molecule has 5 unspecified atom stereocenters. The van der Waals surface area contributed by atoms with Crippen molar-refractivity contribution in [3.05, 3.63) is 0 Å². The molecule has 1 heterocycles. The number of unbranched alkanes of at least 4 members (excludes halogenated alkanes) is 3. The van der Waals surface area contributed by atoms with Gasteiger partial charge in [-0.3, -0.25) is 14.8 Å². The molecule has 0 spiro atoms. The maximum absolute atomic E-state index is 12.1. The Morgan fingerprint density at radius 2 is 1.60 bits per heavy atom. The molecule has 0 saturated carbocycles. The van der Waals surface area contributed by atoms with Crippen LogP contribution in [0.15, 0.2) is 0 Å². The Morgan fingerprint density at radius 3 is 2.26 bits per heavy atom. The third kappa shape index (κ3) is 19.6. The quantitative estimate of drug-likeness (QED) is 0.0451. The lowest BCUT2D eigenvalue weighted by atomic mass is 9.77. The number of amides is 2. The van der Waals surface area contributed by atoms with Crippen LogP contribution in [0.2, 0.25) is 0 Å². The molecule has 2 amide bonds. The van der Waals surface area contributed by atoms with Gasteiger partial charge in [0.1, 0.15) is 6.04 Å². The summed E-state index contributed by atoms with van der Waals surface area (Å²) in [5.74, 6) is -0.360. The van der Waals surface area contributed by atoms with Gasteiger partial charge in [0.15, 0.2) is 6.29 Å². The Labute approximate surface area is 257 Å². The van der Waals surface area contributed by atoms with Crippen LogP contribution in [-0.2, 0) is 33.5 Å². The summed E-state index contributed by atoms with van der Waals surface area (Å²) in [7, 11) is 1.72. The fourth-order valence-corrected chi connectivity index (χ4v) is 5.31. The summed E-state index contributed by atoms with van der Waals surface area (Å²) in [6, 6.07) is -0.724. The molecule has 0 aromatic heterocycles. The zero-order valence-electron chi connectivity index (χ0n) is 26.7. The van der Waals surface area contributed by atoms with Gasteiger partial charge >= 0.3 is 0 Å². The molecule has 0 aromatic carbocycles. The minimum Gasteiger partial charge on any atom is -0.394 e. The lowest BCUT2D eigenvalue weighted by Crippen LogP contribution is -2.58. The minimum atomic E-state index is -0.889. The number of hydrogen-bond acceptors (Lipinski definition) is 11. The van der Waals surface area contributed by atoms with E-state index in [1.165, 1.54) is 6.92 Å². The number of nitrogens with one attached hydrogen (secondary N) is 3. The number of rotatable bonds is 27. The summed E-state index contributed by atoms with van der Waals surface area (Å²) < 4.78 is 16.5. The van der Waals surface area contributed by atoms with Crippen molar-refractivity contribution in [1.82, 2.24) is 16.1 Å². The number of carbonyl (C=O) groups is 2. The van der Waals surface area contributed by atoms with Crippen LogP contribution in [0.25, 0.3) is 0 Å². The maximum atomic E-state index is 12.1. The molecule has 1 aliphatic rings. The lowest BCUT2D eigenvalue weighted by molar-refractivity contribution is -0.243. The average molecular weight is 622 g/mol. The minimum absolute atomic E-state index is 0.0496. The standard InChI is InChI=1S/C30H59N3O10/c1-24(35)33-28-26(36)22-25(23-34)43-29(28)40-19-8-12-27(37)31-16-6-4-5-7-17-32-41-20-10-14-30(2,13-9-18-39-3)15-11-21-42-38/h25-26,28-29,32,34,36,38H,4-23H2,1-3H3,(H,31,37)(H,33,35). The highest BCUT2D eigenvalue weighted by Gasteiger charge is 2.39. The highest BCUT2D eigenvalue weighted by atomic mass is 17.1. The highest BCUT2D eigenvalue weighted by molar-refractivity contribution is 5.75. The molecule has 1 saturated heterocycles. The predicted molar refractivity (Wildman–Crippen MR) is 161 cm³/mol. The molecule has 6 N–H and O–H groups in total. The van der Waals surface area contributed by atoms with Crippen molar-refractivity contribution in [1.29, 1.82) is 0 Å². The molecule has 1 aliphatic heterocycles. The van der Waals surface area contributed by atoms with Crippen LogP contribution in [0.5, 0.6) is 0 Å². The summed E-state index contributed by atoms with van der Waals surface area (Å²) in [6.45, 7) is 6.79. The van der Waals surface area contributed by atoms with Gasteiger partial charge in [-0.1, -0.05) is 19.8 Å². The second-order valence-corrected chi connectivity index (χ2v) is 11.8. The molecular formula is C30H59N3O10. The Balaban J connectivity index is 2.04. The van der Waals surface area contributed by atoms with Crippen LogP contribution in [0.4, 0.5) is 0 Å². The Kier molecular flexibility index (Phi) is 22.9. The van der Waals surface area contributed by atoms with Crippen molar-refractivity contribution in [3.63, 3.8) is 0 Å². The van der Waals surface area contributed by atoms with Crippen LogP contribution >= 0.6 is 0 Å². The van der Waals surface area contributed by atoms with Crippen LogP contribution in [-0.4, -0.2) is 105 Å². The van der Waals surface area contributed by atoms with E-state index in [1.807, 2.05) is 0 Å². The fraction of sp³-hybridized carbons (Fsp3) is 0.933. The predicted octanol–water partition coefficient (Wildman–Crippen LogP) is 2.44. The average Bonchev–Trinajstić information content (AvgIpc) is 2.97. The number of methoxy groups -OCH3 is 1. The second kappa shape index (κ2) is 24.8. The Bertz CT molecular complexity index is 708. The number of aliphatic hydroxyl groups excluding tert-OH is 2. The first kappa shape index (κ1) is 39.6. The van der Waals surface area contributed by atoms with E-state index in [1.54, 1.807) is 7.11 Å². The molecule has 13 nitrogen and oxygen atoms in total. The van der Waals surface area contributed by atoms with Crippen molar-refractivity contribution in [2.24, 2.45) is 5.41 Å². The van der Waals surface area contributed by atoms with Gasteiger partial charge in [-0.25, -0.2) is 10.4 Å². The molecule has 13 heteroatoms. The van der Waals surface area contributed by atoms with Crippen molar-refractivity contribution in [2.45, 2.75) is 122 Å². The Hall–Kier alpha value is -1.42. The van der Waals surface area contributed by atoms with Gasteiger partial charge in [0, 0.05) is 46.6 Å². The van der Waals surface area contributed by atoms with E-state index in [0.29, 0.717) is 32.6 Å². The first-order valence-corrected chi connectivity index (χ1v) is 15.9. The Morgan fingerprint density at radius 1 is 0.930 bits per heavy atom. The van der Waals surface area contributed by atoms with Gasteiger partial charge in [-0.15, -0.1) is 0 Å². The van der Waals surface area contributed by atoms with Crippen LogP contribution in [0, 0.1) is 5.41 Å². The number of aliphatic hydroxyl groups is 2. The van der Waals surface area contributed by atoms with E-state index in [4.69, 9.17) is 24.3 Å². The fourth-order valence-electron chi connectivity index (χ4n) is 5.31. The number of hydrogen-bond donors (Lipinski definition) is 6. The first-order chi connectivity index (χ1) is 20.7. The summed E-state index contributed by atoms with van der Waals surface area (Å²) in [5.41, 5.74) is 3.23. The van der Waals surface area contributed by atoms with E-state index in [2.05, 4.69) is 27.9 Å². The highest BCUT2D eigenvalue weighted by Crippen LogP contribution is 2.34. The van der Waals surface area contributed by atoms with Crippen molar-refractivity contribution in [2.75, 3.05) is 53.2 Å². The molecule has 0 radical (unpaired) electrons. The molecule has 43 heavy (non-hydrogen) atoms. The van der Waals surface area contributed by atoms with Gasteiger partial charge in [-0.05, 0) is 63.2 Å². The largest absolute Gasteiger partial charge is 0.394 e. The van der Waals surface area contributed by atoms with Crippen LogP contribution in [0.1, 0.15) is 97.3 Å². The van der Waals surface area contributed by atoms with Gasteiger partial charge in [0.05, 0.1) is 38.6 Å². The molecule has 0 aromatic rings. The third-order valence-electron chi connectivity index (χ3n) is 7.74. The van der Waals surface area contributed by atoms with E-state index in [0.717, 1.165) is 77.4 Å². The van der Waals surface area contributed by atoms with E-state index < -0.39 is 24.5 Å². The monoisotopic (exact) mass is 621 g/mol. The SMILES string of the molecule is COCCCC(C)(CCCOO)CCCONCCCCCCNC(=O)CCCOC1OC(CO)CC(O)C1NC(C)=O. The van der Waals surface area contributed by atoms with Crippen LogP contribution < -0.4 is 16.1 Å². The summed E-state index contributed by atoms with van der Waals surface area (Å²) >= 11 is 0. The van der Waals surface area contributed by atoms with Crippen molar-refractivity contribution >= 4 is 11.8 Å². The zero-order valence-corrected chi connectivity index (χ0v) is 26.7. The topological polar surface area (TPSA) is 177 Å². The smallest absolute Gasteiger partial charge is 0.220 e. The number of hydroxylamine groups is 1. The van der Waals surface area contributed by atoms with Gasteiger partial charge in [0.25, 0.3) is 0 Å². The van der Waals surface area contributed by atoms with E-state index in [-0.39, 0.29) is 36.9 Å². The number of ether oxygens (including phenoxy) is 3. The first-order valence-electron chi connectivity index (χ1n) is 15.9. The molecule has 5 atom stereocenters. The van der Waals surface area contributed by atoms with Gasteiger partial charge in [-0.2, -0.15) is 0 Å². The van der Waals surface area contributed by atoms with Crippen LogP contribution in [0.3, 0.4) is 0 Å².